The predicted molar refractivity (Wildman–Crippen MR) is 109 cm³/mol. The number of rotatable bonds is 2. The van der Waals surface area contributed by atoms with Gasteiger partial charge in [0.05, 0.1) is 23.4 Å². The fourth-order valence-electron chi connectivity index (χ4n) is 3.31. The minimum absolute atomic E-state index is 0.0365. The van der Waals surface area contributed by atoms with Crippen molar-refractivity contribution in [3.8, 4) is 11.4 Å². The van der Waals surface area contributed by atoms with Gasteiger partial charge in [-0.05, 0) is 43.2 Å². The van der Waals surface area contributed by atoms with E-state index >= 15 is 0 Å². The summed E-state index contributed by atoms with van der Waals surface area (Å²) in [5.41, 5.74) is 6.82. The summed E-state index contributed by atoms with van der Waals surface area (Å²) < 4.78 is 7.34. The zero-order valence-corrected chi connectivity index (χ0v) is 16.7. The normalized spacial score (nSPS) is 11.4. The van der Waals surface area contributed by atoms with Crippen molar-refractivity contribution in [2.24, 2.45) is 0 Å². The topological polar surface area (TPSA) is 64.3 Å². The van der Waals surface area contributed by atoms with Crippen LogP contribution in [0, 0.1) is 18.5 Å². The minimum Gasteiger partial charge on any atom is -0.450 e. The van der Waals surface area contributed by atoms with Gasteiger partial charge in [-0.25, -0.2) is 9.78 Å². The molecule has 1 N–H and O–H groups in total. The van der Waals surface area contributed by atoms with Crippen molar-refractivity contribution < 1.29 is 14.6 Å². The zero-order chi connectivity index (χ0) is 19.7. The summed E-state index contributed by atoms with van der Waals surface area (Å²) in [5.74, 6) is 0. The Morgan fingerprint density at radius 3 is 2.70 bits per heavy atom. The van der Waals surface area contributed by atoms with Crippen molar-refractivity contribution in [3.63, 3.8) is 0 Å². The molecule has 3 aromatic rings. The first-order valence-electron chi connectivity index (χ1n) is 8.94. The molecule has 0 radical (unpaired) electrons. The summed E-state index contributed by atoms with van der Waals surface area (Å²) in [4.78, 5) is 15.5. The van der Waals surface area contributed by atoms with Crippen LogP contribution in [0.4, 0.5) is 4.79 Å². The highest BCUT2D eigenvalue weighted by Crippen LogP contribution is 2.34. The Morgan fingerprint density at radius 1 is 1.26 bits per heavy atom. The van der Waals surface area contributed by atoms with E-state index in [-0.39, 0.29) is 6.61 Å². The van der Waals surface area contributed by atoms with Crippen molar-refractivity contribution in [1.82, 2.24) is 9.55 Å². The molecule has 3 heterocycles. The lowest BCUT2D eigenvalue weighted by Gasteiger charge is -2.12. The van der Waals surface area contributed by atoms with E-state index in [9.17, 15) is 4.79 Å². The summed E-state index contributed by atoms with van der Waals surface area (Å²) in [7, 11) is 0. The third kappa shape index (κ3) is 3.45. The predicted octanol–water partition coefficient (Wildman–Crippen LogP) is 5.63. The van der Waals surface area contributed by atoms with E-state index in [4.69, 9.17) is 27.0 Å². The first-order chi connectivity index (χ1) is 12.9. The molecule has 6 heteroatoms. The second-order valence-electron chi connectivity index (χ2n) is 6.33. The van der Waals surface area contributed by atoms with Gasteiger partial charge in [0.2, 0.25) is 0 Å². The van der Waals surface area contributed by atoms with E-state index in [0.717, 1.165) is 39.0 Å². The Labute approximate surface area is 163 Å². The maximum absolute atomic E-state index is 10.7. The maximum atomic E-state index is 10.7. The zero-order valence-electron chi connectivity index (χ0n) is 15.9. The minimum atomic E-state index is -1.30. The quantitative estimate of drug-likeness (QED) is 0.359. The first kappa shape index (κ1) is 19.0. The number of hydrogen-bond donors (Lipinski definition) is 1. The number of hydrogen-bond acceptors (Lipinski definition) is 4. The number of pyridine rings is 2. The molecule has 4 rings (SSSR count). The van der Waals surface area contributed by atoms with Gasteiger partial charge in [-0.1, -0.05) is 38.2 Å². The summed E-state index contributed by atoms with van der Waals surface area (Å²) in [6.07, 6.45) is -1.30. The van der Waals surface area contributed by atoms with E-state index in [1.165, 1.54) is 5.56 Å². The Balaban J connectivity index is 0.00000102. The highest BCUT2D eigenvalue weighted by molar-refractivity contribution is 7.71. The van der Waals surface area contributed by atoms with Crippen molar-refractivity contribution in [2.75, 3.05) is 0 Å². The number of nitrogens with zero attached hydrogens (tertiary/aromatic N) is 2. The van der Waals surface area contributed by atoms with Crippen LogP contribution in [0.1, 0.15) is 36.1 Å². The van der Waals surface area contributed by atoms with Gasteiger partial charge in [0, 0.05) is 16.5 Å². The Morgan fingerprint density at radius 2 is 2.00 bits per heavy atom. The number of fused-ring (bicyclic) bond motifs is 4. The van der Waals surface area contributed by atoms with Crippen LogP contribution >= 0.6 is 12.2 Å². The van der Waals surface area contributed by atoms with Crippen LogP contribution in [0.3, 0.4) is 0 Å². The lowest BCUT2D eigenvalue weighted by Crippen LogP contribution is -2.07. The van der Waals surface area contributed by atoms with Gasteiger partial charge < -0.3 is 14.4 Å². The molecule has 27 heavy (non-hydrogen) atoms. The van der Waals surface area contributed by atoms with Crippen LogP contribution < -0.4 is 0 Å². The fourth-order valence-corrected chi connectivity index (χ4v) is 3.69. The molecule has 0 spiro atoms. The number of ether oxygens (including phenoxy) is 1. The second-order valence-corrected chi connectivity index (χ2v) is 6.72. The molecule has 0 atom stereocenters. The van der Waals surface area contributed by atoms with E-state index < -0.39 is 6.16 Å². The van der Waals surface area contributed by atoms with Gasteiger partial charge in [0.15, 0.2) is 0 Å². The standard InChI is InChI=1S/C19H16N2O3S.C2H6/c1-10-3-4-12-7-13-8-21-16(17(13)20-15(12)5-10)6-11(2)14(18(21)25)9-24-19(22)23;1-2/h3-7H,8-9H2,1-2H3,(H,22,23);1-2H3. The summed E-state index contributed by atoms with van der Waals surface area (Å²) in [5, 5.41) is 9.86. The van der Waals surface area contributed by atoms with E-state index in [1.54, 1.807) is 0 Å². The van der Waals surface area contributed by atoms with Crippen LogP contribution in [-0.4, -0.2) is 20.8 Å². The molecule has 0 saturated heterocycles. The highest BCUT2D eigenvalue weighted by atomic mass is 32.1. The molecule has 140 valence electrons. The molecule has 0 unspecified atom stereocenters. The third-order valence-electron chi connectivity index (χ3n) is 4.59. The van der Waals surface area contributed by atoms with Crippen molar-refractivity contribution in [1.29, 1.82) is 0 Å². The van der Waals surface area contributed by atoms with Crippen LogP contribution in [0.5, 0.6) is 0 Å². The Bertz CT molecular complexity index is 1100. The van der Waals surface area contributed by atoms with E-state index in [2.05, 4.69) is 31.2 Å². The first-order valence-corrected chi connectivity index (χ1v) is 9.34. The molecular weight excluding hydrogens is 360 g/mol. The molecule has 1 aliphatic heterocycles. The molecule has 1 aromatic carbocycles. The van der Waals surface area contributed by atoms with E-state index in [1.807, 2.05) is 31.4 Å². The van der Waals surface area contributed by atoms with Gasteiger partial charge in [-0.2, -0.15) is 0 Å². The molecule has 0 amide bonds. The van der Waals surface area contributed by atoms with Crippen LogP contribution in [0.25, 0.3) is 22.3 Å². The van der Waals surface area contributed by atoms with Gasteiger partial charge in [-0.3, -0.25) is 0 Å². The molecule has 0 aliphatic carbocycles. The summed E-state index contributed by atoms with van der Waals surface area (Å²) >= 11 is 5.60. The smallest absolute Gasteiger partial charge is 0.450 e. The molecule has 0 bridgehead atoms. The number of aryl methyl sites for hydroxylation is 2. The average Bonchev–Trinajstić information content (AvgIpc) is 2.99. The van der Waals surface area contributed by atoms with Crippen molar-refractivity contribution in [3.05, 3.63) is 57.2 Å². The number of aromatic nitrogens is 2. The van der Waals surface area contributed by atoms with Gasteiger partial charge in [0.25, 0.3) is 0 Å². The lowest BCUT2D eigenvalue weighted by molar-refractivity contribution is 0.0849. The summed E-state index contributed by atoms with van der Waals surface area (Å²) in [6.45, 7) is 8.57. The SMILES string of the molecule is CC.Cc1ccc2cc3c(nc2c1)-c1cc(C)c(COC(=O)O)c(=S)n1C3. The van der Waals surface area contributed by atoms with E-state index in [0.29, 0.717) is 11.2 Å². The van der Waals surface area contributed by atoms with Crippen LogP contribution in [-0.2, 0) is 17.9 Å². The number of benzene rings is 1. The lowest BCUT2D eigenvalue weighted by atomic mass is 10.1. The Kier molecular flexibility index (Phi) is 5.28. The fraction of sp³-hybridized carbons (Fsp3) is 0.286. The molecule has 0 fully saturated rings. The molecule has 1 aliphatic rings. The molecule has 0 saturated carbocycles. The van der Waals surface area contributed by atoms with Gasteiger partial charge in [0.1, 0.15) is 11.2 Å². The highest BCUT2D eigenvalue weighted by Gasteiger charge is 2.23. The Hall–Kier alpha value is -2.73. The molecule has 2 aromatic heterocycles. The van der Waals surface area contributed by atoms with Crippen LogP contribution in [0.15, 0.2) is 30.3 Å². The van der Waals surface area contributed by atoms with Crippen molar-refractivity contribution >= 4 is 29.3 Å². The average molecular weight is 382 g/mol. The van der Waals surface area contributed by atoms with Crippen molar-refractivity contribution in [2.45, 2.75) is 40.8 Å². The number of carboxylic acid groups (broad SMARTS) is 1. The molecule has 5 nitrogen and oxygen atoms in total. The second kappa shape index (κ2) is 7.48. The number of carbonyl (C=O) groups is 1. The summed E-state index contributed by atoms with van der Waals surface area (Å²) in [6, 6.07) is 10.4. The van der Waals surface area contributed by atoms with Crippen LogP contribution in [0.2, 0.25) is 0 Å². The van der Waals surface area contributed by atoms with Gasteiger partial charge in [-0.15, -0.1) is 0 Å². The molecular formula is C21H22N2O3S. The third-order valence-corrected chi connectivity index (χ3v) is 5.05. The van der Waals surface area contributed by atoms with Gasteiger partial charge >= 0.3 is 6.16 Å². The maximum Gasteiger partial charge on any atom is 0.506 e. The largest absolute Gasteiger partial charge is 0.506 e. The monoisotopic (exact) mass is 382 g/mol.